The minimum atomic E-state index is 0.577. The molecule has 1 aliphatic heterocycles. The third kappa shape index (κ3) is 3.41. The maximum absolute atomic E-state index is 5.32. The van der Waals surface area contributed by atoms with Crippen molar-refractivity contribution in [2.24, 2.45) is 0 Å². The van der Waals surface area contributed by atoms with Crippen molar-refractivity contribution in [3.63, 3.8) is 0 Å². The topological polar surface area (TPSA) is 21.3 Å². The van der Waals surface area contributed by atoms with Gasteiger partial charge in [-0.15, -0.1) is 5.92 Å². The van der Waals surface area contributed by atoms with Crippen LogP contribution in [-0.2, 0) is 4.74 Å². The summed E-state index contributed by atoms with van der Waals surface area (Å²) in [5.74, 6) is 5.67. The average Bonchev–Trinajstić information content (AvgIpc) is 2.50. The molecule has 0 radical (unpaired) electrons. The molecule has 0 saturated carbocycles. The van der Waals surface area contributed by atoms with E-state index in [2.05, 4.69) is 17.2 Å². The molecule has 1 unspecified atom stereocenters. The van der Waals surface area contributed by atoms with Crippen LogP contribution in [0.2, 0.25) is 0 Å². The highest BCUT2D eigenvalue weighted by Crippen LogP contribution is 2.04. The molecule has 11 heavy (non-hydrogen) atoms. The van der Waals surface area contributed by atoms with E-state index in [4.69, 9.17) is 4.74 Å². The van der Waals surface area contributed by atoms with Crippen molar-refractivity contribution >= 4 is 0 Å². The van der Waals surface area contributed by atoms with E-state index in [1.165, 1.54) is 12.8 Å². The normalized spacial score (nSPS) is 22.8. The van der Waals surface area contributed by atoms with E-state index < -0.39 is 0 Å². The largest absolute Gasteiger partial charge is 0.367 e. The van der Waals surface area contributed by atoms with E-state index in [0.717, 1.165) is 13.2 Å². The fourth-order valence-corrected chi connectivity index (χ4v) is 1.22. The molecule has 1 atom stereocenters. The highest BCUT2D eigenvalue weighted by atomic mass is 16.5. The minimum absolute atomic E-state index is 0.577. The van der Waals surface area contributed by atoms with Crippen LogP contribution in [0.25, 0.3) is 0 Å². The molecule has 2 heteroatoms. The molecule has 0 aromatic heterocycles. The molecule has 1 saturated heterocycles. The Labute approximate surface area is 68.3 Å². The second-order valence-electron chi connectivity index (χ2n) is 2.74. The summed E-state index contributed by atoms with van der Waals surface area (Å²) in [5.41, 5.74) is 0. The molecule has 0 spiro atoms. The Bertz CT molecular complexity index is 151. The van der Waals surface area contributed by atoms with Crippen molar-refractivity contribution < 1.29 is 4.74 Å². The van der Waals surface area contributed by atoms with Crippen LogP contribution in [0.1, 0.15) is 19.8 Å². The third-order valence-corrected chi connectivity index (χ3v) is 1.83. The second kappa shape index (κ2) is 5.17. The first-order chi connectivity index (χ1) is 5.43. The van der Waals surface area contributed by atoms with Gasteiger partial charge in [0.05, 0.1) is 6.61 Å². The van der Waals surface area contributed by atoms with Gasteiger partial charge in [-0.2, -0.15) is 0 Å². The zero-order chi connectivity index (χ0) is 7.94. The zero-order valence-corrected chi connectivity index (χ0v) is 7.02. The first kappa shape index (κ1) is 8.58. The van der Waals surface area contributed by atoms with Gasteiger partial charge in [-0.05, 0) is 26.3 Å². The summed E-state index contributed by atoms with van der Waals surface area (Å²) in [5, 5.41) is 3.36. The van der Waals surface area contributed by atoms with Crippen LogP contribution < -0.4 is 5.32 Å². The quantitative estimate of drug-likeness (QED) is 0.478. The van der Waals surface area contributed by atoms with Crippen LogP contribution in [0.3, 0.4) is 0 Å². The lowest BCUT2D eigenvalue weighted by molar-refractivity contribution is 0.145. The van der Waals surface area contributed by atoms with E-state index in [9.17, 15) is 0 Å². The number of hydrogen-bond acceptors (Lipinski definition) is 2. The molecular weight excluding hydrogens is 138 g/mol. The SMILES string of the molecule is CC#CCOCC1CCCN1. The number of ether oxygens (including phenoxy) is 1. The van der Waals surface area contributed by atoms with Gasteiger partial charge < -0.3 is 10.1 Å². The van der Waals surface area contributed by atoms with E-state index >= 15 is 0 Å². The molecule has 1 fully saturated rings. The van der Waals surface area contributed by atoms with Crippen LogP contribution in [0.4, 0.5) is 0 Å². The Kier molecular flexibility index (Phi) is 4.03. The molecule has 1 rings (SSSR count). The number of rotatable bonds is 3. The van der Waals surface area contributed by atoms with Crippen LogP contribution in [0.5, 0.6) is 0 Å². The van der Waals surface area contributed by atoms with Crippen molar-refractivity contribution in [1.82, 2.24) is 5.32 Å². The van der Waals surface area contributed by atoms with Gasteiger partial charge in [-0.3, -0.25) is 0 Å². The van der Waals surface area contributed by atoms with E-state index in [1.807, 2.05) is 6.92 Å². The van der Waals surface area contributed by atoms with Gasteiger partial charge in [-0.1, -0.05) is 5.92 Å². The first-order valence-electron chi connectivity index (χ1n) is 4.14. The summed E-state index contributed by atoms with van der Waals surface area (Å²) >= 11 is 0. The Balaban J connectivity index is 1.96. The van der Waals surface area contributed by atoms with Crippen molar-refractivity contribution in [3.05, 3.63) is 0 Å². The predicted octanol–water partition coefficient (Wildman–Crippen LogP) is 0.778. The molecule has 0 aromatic rings. The molecule has 62 valence electrons. The molecule has 0 amide bonds. The van der Waals surface area contributed by atoms with Gasteiger partial charge in [0.25, 0.3) is 0 Å². The smallest absolute Gasteiger partial charge is 0.107 e. The molecule has 0 bridgehead atoms. The Morgan fingerprint density at radius 2 is 2.55 bits per heavy atom. The Morgan fingerprint density at radius 1 is 1.64 bits per heavy atom. The maximum atomic E-state index is 5.32. The molecule has 0 aromatic carbocycles. The highest BCUT2D eigenvalue weighted by molar-refractivity contribution is 4.94. The molecule has 1 heterocycles. The molecular formula is C9H15NO. The van der Waals surface area contributed by atoms with Gasteiger partial charge in [-0.25, -0.2) is 0 Å². The van der Waals surface area contributed by atoms with Crippen molar-refractivity contribution in [1.29, 1.82) is 0 Å². The second-order valence-corrected chi connectivity index (χ2v) is 2.74. The summed E-state index contributed by atoms with van der Waals surface area (Å²) < 4.78 is 5.32. The van der Waals surface area contributed by atoms with Gasteiger partial charge in [0.1, 0.15) is 6.61 Å². The monoisotopic (exact) mass is 153 g/mol. The van der Waals surface area contributed by atoms with Gasteiger partial charge in [0.2, 0.25) is 0 Å². The number of nitrogens with one attached hydrogen (secondary N) is 1. The van der Waals surface area contributed by atoms with Gasteiger partial charge in [0, 0.05) is 6.04 Å². The molecule has 2 nitrogen and oxygen atoms in total. The van der Waals surface area contributed by atoms with E-state index in [-0.39, 0.29) is 0 Å². The summed E-state index contributed by atoms with van der Waals surface area (Å²) in [6, 6.07) is 0.577. The molecule has 0 aliphatic carbocycles. The highest BCUT2D eigenvalue weighted by Gasteiger charge is 2.12. The van der Waals surface area contributed by atoms with Crippen LogP contribution in [0, 0.1) is 11.8 Å². The van der Waals surface area contributed by atoms with Crippen molar-refractivity contribution in [3.8, 4) is 11.8 Å². The van der Waals surface area contributed by atoms with E-state index in [1.54, 1.807) is 0 Å². The first-order valence-corrected chi connectivity index (χ1v) is 4.14. The lowest BCUT2D eigenvalue weighted by Gasteiger charge is -2.07. The minimum Gasteiger partial charge on any atom is -0.367 e. The zero-order valence-electron chi connectivity index (χ0n) is 7.02. The van der Waals surface area contributed by atoms with Gasteiger partial charge in [0.15, 0.2) is 0 Å². The van der Waals surface area contributed by atoms with Crippen molar-refractivity contribution in [2.45, 2.75) is 25.8 Å². The summed E-state index contributed by atoms with van der Waals surface area (Å²) in [7, 11) is 0. The van der Waals surface area contributed by atoms with E-state index in [0.29, 0.717) is 12.6 Å². The third-order valence-electron chi connectivity index (χ3n) is 1.83. The maximum Gasteiger partial charge on any atom is 0.107 e. The summed E-state index contributed by atoms with van der Waals surface area (Å²) in [6.45, 7) is 4.37. The van der Waals surface area contributed by atoms with Crippen LogP contribution >= 0.6 is 0 Å². The molecule has 1 aliphatic rings. The fourth-order valence-electron chi connectivity index (χ4n) is 1.22. The average molecular weight is 153 g/mol. The lowest BCUT2D eigenvalue weighted by Crippen LogP contribution is -2.26. The standard InChI is InChI=1S/C9H15NO/c1-2-3-7-11-8-9-5-4-6-10-9/h9-10H,4-8H2,1H3. The fraction of sp³-hybridized carbons (Fsp3) is 0.778. The Hall–Kier alpha value is -0.520. The van der Waals surface area contributed by atoms with Crippen LogP contribution in [0.15, 0.2) is 0 Å². The lowest BCUT2D eigenvalue weighted by atomic mass is 10.2. The Morgan fingerprint density at radius 3 is 3.18 bits per heavy atom. The van der Waals surface area contributed by atoms with Gasteiger partial charge >= 0.3 is 0 Å². The van der Waals surface area contributed by atoms with Crippen LogP contribution in [-0.4, -0.2) is 25.8 Å². The number of hydrogen-bond donors (Lipinski definition) is 1. The van der Waals surface area contributed by atoms with Crippen molar-refractivity contribution in [2.75, 3.05) is 19.8 Å². The summed E-state index contributed by atoms with van der Waals surface area (Å²) in [6.07, 6.45) is 2.53. The summed E-state index contributed by atoms with van der Waals surface area (Å²) in [4.78, 5) is 0. The predicted molar refractivity (Wildman–Crippen MR) is 45.3 cm³/mol. The molecule has 1 N–H and O–H groups in total.